The highest BCUT2D eigenvalue weighted by Gasteiger charge is 2.42. The van der Waals surface area contributed by atoms with Crippen LogP contribution in [0, 0.1) is 11.3 Å². The number of rotatable bonds is 5. The summed E-state index contributed by atoms with van der Waals surface area (Å²) in [6, 6.07) is 5.38. The molecule has 1 saturated heterocycles. The van der Waals surface area contributed by atoms with E-state index in [0.29, 0.717) is 31.2 Å². The number of carbonyl (C=O) groups is 1. The Hall–Kier alpha value is -3.15. The van der Waals surface area contributed by atoms with Crippen LogP contribution in [0.15, 0.2) is 35.5 Å². The third-order valence-corrected chi connectivity index (χ3v) is 9.41. The second-order valence-electron chi connectivity index (χ2n) is 9.88. The van der Waals surface area contributed by atoms with Crippen molar-refractivity contribution in [2.24, 2.45) is 7.05 Å². The Morgan fingerprint density at radius 1 is 1.23 bits per heavy atom. The molecule has 0 spiro atoms. The number of hydrogen-bond acceptors (Lipinski definition) is 7. The number of methoxy groups -OCH3 is 1. The lowest BCUT2D eigenvalue weighted by Gasteiger charge is -2.34. The molecule has 2 fully saturated rings. The summed E-state index contributed by atoms with van der Waals surface area (Å²) in [6.07, 6.45) is -0.977. The van der Waals surface area contributed by atoms with Crippen LogP contribution in [-0.2, 0) is 27.8 Å². The van der Waals surface area contributed by atoms with Gasteiger partial charge in [0.05, 0.1) is 34.1 Å². The highest BCUT2D eigenvalue weighted by atomic mass is 32.2. The number of piperidine rings is 1. The molecule has 1 aliphatic heterocycles. The number of alkyl halides is 3. The molecule has 0 bridgehead atoms. The molecule has 0 radical (unpaired) electrons. The fraction of sp³-hybridized carbons (Fsp3) is 0.560. The van der Waals surface area contributed by atoms with Crippen molar-refractivity contribution in [1.29, 1.82) is 5.26 Å². The summed E-state index contributed by atoms with van der Waals surface area (Å²) in [4.78, 5) is 11.9. The molecule has 39 heavy (non-hydrogen) atoms. The molecule has 2 atom stereocenters. The van der Waals surface area contributed by atoms with Crippen LogP contribution in [-0.4, -0.2) is 78.4 Å². The average Bonchev–Trinajstić information content (AvgIpc) is 3.54. The zero-order valence-corrected chi connectivity index (χ0v) is 22.7. The molecule has 1 saturated carbocycles. The average molecular weight is 572 g/mol. The molecule has 1 amide bonds. The maximum atomic E-state index is 13.6. The fourth-order valence-electron chi connectivity index (χ4n) is 4.80. The monoisotopic (exact) mass is 571 g/mol. The number of benzene rings is 1. The van der Waals surface area contributed by atoms with E-state index in [1.807, 2.05) is 7.05 Å². The largest absolute Gasteiger partial charge is 0.465 e. The standard InChI is InChI=1S/C17H19F3N2O3S.C8H13N3O2/c1-22-10-12(9-21-22)11-3-6-16(15(7-11)17(18,19)20)26(23,24)14-5-4-13(8-14)25-2;1-11-4-2-8(6-9,3-5-11)10-7(12)13/h3,6-7,9-10,13-14H,4-5,8H2,1-2H3;10H,2-5H2,1H3,(H,12,13)/t13-,14-;/m0./s1. The minimum atomic E-state index is -4.78. The number of ether oxygens (including phenoxy) is 1. The van der Waals surface area contributed by atoms with Gasteiger partial charge >= 0.3 is 12.3 Å². The zero-order valence-electron chi connectivity index (χ0n) is 21.9. The number of likely N-dealkylation sites (tertiary alicyclic amines) is 1. The van der Waals surface area contributed by atoms with Crippen LogP contribution in [0.2, 0.25) is 0 Å². The van der Waals surface area contributed by atoms with Gasteiger partial charge in [-0.15, -0.1) is 0 Å². The van der Waals surface area contributed by atoms with Gasteiger partial charge in [-0.1, -0.05) is 6.07 Å². The zero-order chi connectivity index (χ0) is 29.0. The first-order chi connectivity index (χ1) is 18.2. The predicted octanol–water partition coefficient (Wildman–Crippen LogP) is 3.69. The molecule has 2 aliphatic rings. The SMILES string of the molecule is CN1CCC(C#N)(NC(=O)O)CC1.CO[C@H]1CC[C@H](S(=O)(=O)c2ccc(-c3cnn(C)c3)cc2C(F)(F)F)C1. The Morgan fingerprint density at radius 2 is 1.90 bits per heavy atom. The first-order valence-corrected chi connectivity index (χ1v) is 13.8. The normalized spacial score (nSPS) is 21.5. The van der Waals surface area contributed by atoms with E-state index in [4.69, 9.17) is 15.1 Å². The summed E-state index contributed by atoms with van der Waals surface area (Å²) in [5.74, 6) is 0. The van der Waals surface area contributed by atoms with Crippen LogP contribution in [0.4, 0.5) is 18.0 Å². The maximum Gasteiger partial charge on any atom is 0.417 e. The maximum absolute atomic E-state index is 13.6. The number of nitrogens with one attached hydrogen (secondary N) is 1. The van der Waals surface area contributed by atoms with E-state index in [-0.39, 0.29) is 18.1 Å². The van der Waals surface area contributed by atoms with Crippen molar-refractivity contribution in [2.45, 2.75) is 60.1 Å². The lowest BCUT2D eigenvalue weighted by atomic mass is 9.89. The Bertz CT molecular complexity index is 1310. The first kappa shape index (κ1) is 30.4. The molecule has 4 rings (SSSR count). The van der Waals surface area contributed by atoms with E-state index in [1.165, 1.54) is 24.1 Å². The third-order valence-electron chi connectivity index (χ3n) is 7.14. The highest BCUT2D eigenvalue weighted by Crippen LogP contribution is 2.40. The smallest absolute Gasteiger partial charge is 0.417 e. The predicted molar refractivity (Wildman–Crippen MR) is 136 cm³/mol. The number of halogens is 3. The number of aromatic nitrogens is 2. The first-order valence-electron chi connectivity index (χ1n) is 12.3. The summed E-state index contributed by atoms with van der Waals surface area (Å²) in [5.41, 5.74) is -1.24. The van der Waals surface area contributed by atoms with Crippen molar-refractivity contribution < 1.29 is 36.2 Å². The van der Waals surface area contributed by atoms with E-state index < -0.39 is 43.4 Å². The fourth-order valence-corrected chi connectivity index (χ4v) is 6.81. The number of nitrogens with zero attached hydrogens (tertiary/aromatic N) is 4. The van der Waals surface area contributed by atoms with Gasteiger partial charge in [-0.3, -0.25) is 4.68 Å². The molecular weight excluding hydrogens is 539 g/mol. The number of hydrogen-bond donors (Lipinski definition) is 2. The summed E-state index contributed by atoms with van der Waals surface area (Å²) in [6.45, 7) is 1.52. The van der Waals surface area contributed by atoms with Crippen LogP contribution in [0.5, 0.6) is 0 Å². The molecule has 14 heteroatoms. The minimum Gasteiger partial charge on any atom is -0.465 e. The molecule has 214 valence electrons. The molecule has 2 aromatic rings. The van der Waals surface area contributed by atoms with E-state index in [9.17, 15) is 26.4 Å². The lowest BCUT2D eigenvalue weighted by molar-refractivity contribution is -0.139. The molecule has 1 aromatic heterocycles. The Morgan fingerprint density at radius 3 is 2.38 bits per heavy atom. The molecule has 2 N–H and O–H groups in total. The number of amides is 1. The number of aryl methyl sites for hydroxylation is 1. The van der Waals surface area contributed by atoms with Gasteiger partial charge in [0.1, 0.15) is 5.54 Å². The summed E-state index contributed by atoms with van der Waals surface area (Å²) in [7, 11) is 0.978. The molecule has 10 nitrogen and oxygen atoms in total. The molecule has 0 unspecified atom stereocenters. The third kappa shape index (κ3) is 7.28. The second-order valence-corrected chi connectivity index (χ2v) is 12.1. The van der Waals surface area contributed by atoms with Gasteiger partial charge in [-0.05, 0) is 56.8 Å². The summed E-state index contributed by atoms with van der Waals surface area (Å²) >= 11 is 0. The van der Waals surface area contributed by atoms with E-state index in [2.05, 4.69) is 21.4 Å². The van der Waals surface area contributed by atoms with Crippen molar-refractivity contribution >= 4 is 15.9 Å². The van der Waals surface area contributed by atoms with Gasteiger partial charge in [-0.25, -0.2) is 13.2 Å². The van der Waals surface area contributed by atoms with Gasteiger partial charge in [0.15, 0.2) is 9.84 Å². The topological polar surface area (TPSA) is 138 Å². The minimum absolute atomic E-state index is 0.209. The van der Waals surface area contributed by atoms with Crippen LogP contribution in [0.25, 0.3) is 11.1 Å². The Labute approximate surface area is 225 Å². The van der Waals surface area contributed by atoms with Crippen LogP contribution in [0.1, 0.15) is 37.7 Å². The number of nitriles is 1. The molecule has 2 heterocycles. The van der Waals surface area contributed by atoms with Gasteiger partial charge in [-0.2, -0.15) is 23.5 Å². The molecular formula is C25H32F3N5O5S. The van der Waals surface area contributed by atoms with Crippen LogP contribution in [0.3, 0.4) is 0 Å². The van der Waals surface area contributed by atoms with Crippen molar-refractivity contribution in [1.82, 2.24) is 20.0 Å². The van der Waals surface area contributed by atoms with E-state index >= 15 is 0 Å². The lowest BCUT2D eigenvalue weighted by Crippen LogP contribution is -2.53. The Balaban J connectivity index is 0.000000272. The van der Waals surface area contributed by atoms with E-state index in [1.54, 1.807) is 13.2 Å². The van der Waals surface area contributed by atoms with Gasteiger partial charge in [0.25, 0.3) is 0 Å². The van der Waals surface area contributed by atoms with Crippen LogP contribution >= 0.6 is 0 Å². The van der Waals surface area contributed by atoms with Gasteiger partial charge in [0.2, 0.25) is 0 Å². The van der Waals surface area contributed by atoms with Crippen LogP contribution < -0.4 is 5.32 Å². The van der Waals surface area contributed by atoms with Gasteiger partial charge in [0, 0.05) is 39.0 Å². The molecule has 1 aromatic carbocycles. The number of sulfone groups is 1. The van der Waals surface area contributed by atoms with Crippen molar-refractivity contribution in [3.05, 3.63) is 36.2 Å². The van der Waals surface area contributed by atoms with Crippen molar-refractivity contribution in [3.8, 4) is 17.2 Å². The van der Waals surface area contributed by atoms with E-state index in [0.717, 1.165) is 25.2 Å². The van der Waals surface area contributed by atoms with Gasteiger partial charge < -0.3 is 20.1 Å². The molecule has 1 aliphatic carbocycles. The number of carboxylic acid groups (broad SMARTS) is 1. The summed E-state index contributed by atoms with van der Waals surface area (Å²) < 4.78 is 73.1. The Kier molecular flexibility index (Phi) is 9.30. The summed E-state index contributed by atoms with van der Waals surface area (Å²) in [5, 5.41) is 22.8. The highest BCUT2D eigenvalue weighted by molar-refractivity contribution is 7.92. The van der Waals surface area contributed by atoms with Crippen molar-refractivity contribution in [2.75, 3.05) is 27.2 Å². The van der Waals surface area contributed by atoms with Crippen molar-refractivity contribution in [3.63, 3.8) is 0 Å². The second kappa shape index (κ2) is 11.9. The quantitative estimate of drug-likeness (QED) is 0.555.